The lowest BCUT2D eigenvalue weighted by Gasteiger charge is -2.37. The molecular weight excluding hydrogens is 362 g/mol. The van der Waals surface area contributed by atoms with Crippen LogP contribution >= 0.6 is 12.2 Å². The summed E-state index contributed by atoms with van der Waals surface area (Å²) in [5.74, 6) is -2.05. The molecule has 0 bridgehead atoms. The van der Waals surface area contributed by atoms with Crippen molar-refractivity contribution in [3.63, 3.8) is 0 Å². The molecule has 1 aliphatic rings. The van der Waals surface area contributed by atoms with E-state index < -0.39 is 23.6 Å². The lowest BCUT2D eigenvalue weighted by atomic mass is 9.94. The highest BCUT2D eigenvalue weighted by molar-refractivity contribution is 7.80. The fourth-order valence-corrected chi connectivity index (χ4v) is 3.15. The van der Waals surface area contributed by atoms with Gasteiger partial charge in [0.25, 0.3) is 0 Å². The van der Waals surface area contributed by atoms with Crippen molar-refractivity contribution in [3.8, 4) is 0 Å². The van der Waals surface area contributed by atoms with Gasteiger partial charge in [0.05, 0.1) is 18.2 Å². The minimum atomic E-state index is -0.855. The Morgan fingerprint density at radius 3 is 2.69 bits per heavy atom. The van der Waals surface area contributed by atoms with Crippen molar-refractivity contribution in [2.24, 2.45) is 0 Å². The highest BCUT2D eigenvalue weighted by Gasteiger charge is 2.35. The van der Waals surface area contributed by atoms with Gasteiger partial charge in [-0.2, -0.15) is 0 Å². The normalized spacial score (nSPS) is 17.3. The number of nitrogens with zero attached hydrogens (tertiary/aromatic N) is 1. The van der Waals surface area contributed by atoms with Crippen LogP contribution in [0.25, 0.3) is 0 Å². The molecule has 0 saturated carbocycles. The summed E-state index contributed by atoms with van der Waals surface area (Å²) in [6, 6.07) is 2.37. The Morgan fingerprint density at radius 2 is 2.08 bits per heavy atom. The maximum atomic E-state index is 14.3. The van der Waals surface area contributed by atoms with Crippen molar-refractivity contribution in [1.82, 2.24) is 10.2 Å². The van der Waals surface area contributed by atoms with E-state index in [1.165, 1.54) is 13.2 Å². The summed E-state index contributed by atoms with van der Waals surface area (Å²) < 4.78 is 37.8. The minimum Gasteiger partial charge on any atom is -0.460 e. The van der Waals surface area contributed by atoms with E-state index in [-0.39, 0.29) is 24.4 Å². The number of carbonyl (C=O) groups excluding carboxylic acids is 1. The Hall–Kier alpha value is -2.06. The summed E-state index contributed by atoms with van der Waals surface area (Å²) in [7, 11) is 1.50. The zero-order valence-electron chi connectivity index (χ0n) is 15.0. The van der Waals surface area contributed by atoms with Crippen LogP contribution in [-0.4, -0.2) is 42.8 Å². The van der Waals surface area contributed by atoms with Crippen molar-refractivity contribution >= 4 is 23.3 Å². The molecule has 142 valence electrons. The molecule has 0 saturated heterocycles. The van der Waals surface area contributed by atoms with Crippen LogP contribution in [0.5, 0.6) is 0 Å². The second-order valence-corrected chi connectivity index (χ2v) is 6.21. The van der Waals surface area contributed by atoms with E-state index in [9.17, 15) is 13.6 Å². The highest BCUT2D eigenvalue weighted by atomic mass is 32.1. The second-order valence-electron chi connectivity index (χ2n) is 5.83. The fourth-order valence-electron chi connectivity index (χ4n) is 2.80. The van der Waals surface area contributed by atoms with E-state index in [0.29, 0.717) is 17.4 Å². The minimum absolute atomic E-state index is 0.0724. The molecule has 1 aromatic carbocycles. The Labute approximate surface area is 157 Å². The quantitative estimate of drug-likeness (QED) is 0.443. The molecule has 1 N–H and O–H groups in total. The first-order valence-electron chi connectivity index (χ1n) is 8.30. The fraction of sp³-hybridized carbons (Fsp3) is 0.444. The van der Waals surface area contributed by atoms with Crippen molar-refractivity contribution in [3.05, 3.63) is 46.7 Å². The Morgan fingerprint density at radius 1 is 1.35 bits per heavy atom. The summed E-state index contributed by atoms with van der Waals surface area (Å²) in [6.07, 6.45) is 0.806. The van der Waals surface area contributed by atoms with E-state index in [1.807, 2.05) is 6.92 Å². The molecule has 1 heterocycles. The molecule has 26 heavy (non-hydrogen) atoms. The average Bonchev–Trinajstić information content (AvgIpc) is 2.58. The van der Waals surface area contributed by atoms with Crippen LogP contribution < -0.4 is 5.32 Å². The zero-order valence-corrected chi connectivity index (χ0v) is 15.8. The van der Waals surface area contributed by atoms with Gasteiger partial charge in [0.2, 0.25) is 0 Å². The second kappa shape index (κ2) is 9.05. The van der Waals surface area contributed by atoms with Crippen LogP contribution in [-0.2, 0) is 14.3 Å². The van der Waals surface area contributed by atoms with Gasteiger partial charge in [0.15, 0.2) is 5.11 Å². The monoisotopic (exact) mass is 384 g/mol. The summed E-state index contributed by atoms with van der Waals surface area (Å²) in [6.45, 7) is 4.65. The third-order valence-corrected chi connectivity index (χ3v) is 4.40. The molecule has 2 rings (SSSR count). The van der Waals surface area contributed by atoms with Crippen LogP contribution in [0.3, 0.4) is 0 Å². The molecule has 0 fully saturated rings. The van der Waals surface area contributed by atoms with Crippen molar-refractivity contribution in [2.45, 2.75) is 26.3 Å². The lowest BCUT2D eigenvalue weighted by molar-refractivity contribution is -0.140. The Bertz CT molecular complexity index is 724. The molecule has 0 spiro atoms. The summed E-state index contributed by atoms with van der Waals surface area (Å²) in [4.78, 5) is 14.4. The number of ether oxygens (including phenoxy) is 2. The number of benzene rings is 1. The third kappa shape index (κ3) is 4.37. The summed E-state index contributed by atoms with van der Waals surface area (Å²) >= 11 is 5.37. The lowest BCUT2D eigenvalue weighted by Crippen LogP contribution is -2.48. The molecule has 5 nitrogen and oxygen atoms in total. The largest absolute Gasteiger partial charge is 0.460 e. The Balaban J connectivity index is 2.46. The molecule has 0 unspecified atom stereocenters. The highest BCUT2D eigenvalue weighted by Crippen LogP contribution is 2.33. The van der Waals surface area contributed by atoms with Crippen LogP contribution in [0.2, 0.25) is 0 Å². The van der Waals surface area contributed by atoms with E-state index in [4.69, 9.17) is 21.7 Å². The first-order valence-corrected chi connectivity index (χ1v) is 8.71. The predicted octanol–water partition coefficient (Wildman–Crippen LogP) is 3.07. The molecule has 1 aromatic rings. The maximum absolute atomic E-state index is 14.3. The number of esters is 1. The Kier molecular flexibility index (Phi) is 7.05. The molecule has 0 aromatic heterocycles. The maximum Gasteiger partial charge on any atom is 0.338 e. The smallest absolute Gasteiger partial charge is 0.338 e. The van der Waals surface area contributed by atoms with Crippen LogP contribution in [0.15, 0.2) is 29.5 Å². The molecular formula is C18H22F2N2O3S. The number of methoxy groups -OCH3 is 1. The number of thiocarbonyl (C=S) groups is 1. The van der Waals surface area contributed by atoms with E-state index in [0.717, 1.165) is 18.6 Å². The zero-order chi connectivity index (χ0) is 19.3. The number of carbonyl (C=O) groups is 1. The summed E-state index contributed by atoms with van der Waals surface area (Å²) in [5, 5.41) is 3.37. The predicted molar refractivity (Wildman–Crippen MR) is 97.4 cm³/mol. The molecule has 0 radical (unpaired) electrons. The number of rotatable bonds is 7. The average molecular weight is 384 g/mol. The van der Waals surface area contributed by atoms with E-state index in [1.54, 1.807) is 11.8 Å². The SMILES string of the molecule is CCCN1C(=S)N[C@H](c2ccc(F)cc2F)C(C(=O)OCCOC)=C1C. The van der Waals surface area contributed by atoms with Gasteiger partial charge in [0.1, 0.15) is 18.2 Å². The van der Waals surface area contributed by atoms with Gasteiger partial charge in [-0.05, 0) is 31.6 Å². The number of nitrogens with one attached hydrogen (secondary N) is 1. The number of hydrogen-bond donors (Lipinski definition) is 1. The van der Waals surface area contributed by atoms with Crippen molar-refractivity contribution in [2.75, 3.05) is 26.9 Å². The third-order valence-electron chi connectivity index (χ3n) is 4.06. The molecule has 1 aliphatic heterocycles. The first kappa shape index (κ1) is 20.3. The van der Waals surface area contributed by atoms with Gasteiger partial charge in [-0.3, -0.25) is 0 Å². The first-order chi connectivity index (χ1) is 12.4. The molecule has 0 aliphatic carbocycles. The van der Waals surface area contributed by atoms with Crippen LogP contribution in [0, 0.1) is 11.6 Å². The van der Waals surface area contributed by atoms with Gasteiger partial charge >= 0.3 is 5.97 Å². The molecule has 1 atom stereocenters. The topological polar surface area (TPSA) is 50.8 Å². The number of hydrogen-bond acceptors (Lipinski definition) is 4. The van der Waals surface area contributed by atoms with Crippen LogP contribution in [0.4, 0.5) is 8.78 Å². The number of allylic oxidation sites excluding steroid dienone is 1. The van der Waals surface area contributed by atoms with Crippen molar-refractivity contribution in [1.29, 1.82) is 0 Å². The van der Waals surface area contributed by atoms with Gasteiger partial charge in [-0.15, -0.1) is 0 Å². The van der Waals surface area contributed by atoms with Crippen LogP contribution in [0.1, 0.15) is 31.9 Å². The molecule has 0 amide bonds. The van der Waals surface area contributed by atoms with Crippen molar-refractivity contribution < 1.29 is 23.0 Å². The van der Waals surface area contributed by atoms with Gasteiger partial charge in [-0.25, -0.2) is 13.6 Å². The standard InChI is InChI=1S/C18H22F2N2O3S/c1-4-7-22-11(2)15(17(23)25-9-8-24-3)16(21-18(22)26)13-6-5-12(19)10-14(13)20/h5-6,10,16H,4,7-9H2,1-3H3,(H,21,26)/t16-/m1/s1. The van der Waals surface area contributed by atoms with Gasteiger partial charge in [-0.1, -0.05) is 13.0 Å². The summed E-state index contributed by atoms with van der Waals surface area (Å²) in [5.41, 5.74) is 0.961. The van der Waals surface area contributed by atoms with Gasteiger partial charge in [0, 0.05) is 31.0 Å². The van der Waals surface area contributed by atoms with Gasteiger partial charge < -0.3 is 19.7 Å². The van der Waals surface area contributed by atoms with E-state index >= 15 is 0 Å². The van der Waals surface area contributed by atoms with E-state index in [2.05, 4.69) is 5.32 Å². The molecule has 8 heteroatoms. The number of halogens is 2.